The first-order valence-corrected chi connectivity index (χ1v) is 8.73. The van der Waals surface area contributed by atoms with E-state index in [0.29, 0.717) is 11.5 Å². The lowest BCUT2D eigenvalue weighted by molar-refractivity contribution is 0.478. The van der Waals surface area contributed by atoms with E-state index >= 15 is 0 Å². The zero-order chi connectivity index (χ0) is 15.1. The second kappa shape index (κ2) is 8.24. The molecule has 0 fully saturated rings. The molecule has 0 bridgehead atoms. The summed E-state index contributed by atoms with van der Waals surface area (Å²) in [5.74, 6) is 2.51. The van der Waals surface area contributed by atoms with Gasteiger partial charge in [-0.05, 0) is 48.3 Å². The molecule has 1 atom stereocenters. The van der Waals surface area contributed by atoms with Crippen molar-refractivity contribution in [3.05, 3.63) is 11.8 Å². The van der Waals surface area contributed by atoms with Crippen LogP contribution in [0, 0.1) is 10.8 Å². The van der Waals surface area contributed by atoms with E-state index < -0.39 is 0 Å². The summed E-state index contributed by atoms with van der Waals surface area (Å²) in [4.78, 5) is 0. The van der Waals surface area contributed by atoms with E-state index in [0.717, 1.165) is 0 Å². The van der Waals surface area contributed by atoms with Crippen LogP contribution in [-0.2, 0) is 0 Å². The van der Waals surface area contributed by atoms with E-state index in [1.807, 2.05) is 0 Å². The Hall–Kier alpha value is -0.110. The molecule has 0 aliphatic rings. The van der Waals surface area contributed by atoms with Gasteiger partial charge in [-0.1, -0.05) is 54.0 Å². The molecule has 0 saturated carbocycles. The van der Waals surface area contributed by atoms with Crippen LogP contribution in [0.3, 0.4) is 0 Å². The number of nitrogens with one attached hydrogen (secondary N) is 1. The first-order valence-electron chi connectivity index (χ1n) is 7.57. The van der Waals surface area contributed by atoms with Gasteiger partial charge in [-0.15, -0.1) is 0 Å². The second-order valence-corrected chi connectivity index (χ2v) is 8.86. The van der Waals surface area contributed by atoms with Crippen molar-refractivity contribution < 1.29 is 0 Å². The summed E-state index contributed by atoms with van der Waals surface area (Å²) < 4.78 is 0. The highest BCUT2D eigenvalue weighted by Crippen LogP contribution is 2.24. The SMILES string of the molecule is CCC(CCSCC(C)(C)C)N/C=C(\C)C(C)(C)C. The van der Waals surface area contributed by atoms with Crippen molar-refractivity contribution in [3.63, 3.8) is 0 Å². The quantitative estimate of drug-likeness (QED) is 0.622. The van der Waals surface area contributed by atoms with Gasteiger partial charge in [-0.2, -0.15) is 11.8 Å². The number of thioether (sulfide) groups is 1. The molecule has 0 heterocycles. The van der Waals surface area contributed by atoms with E-state index in [9.17, 15) is 0 Å². The molecule has 1 unspecified atom stereocenters. The van der Waals surface area contributed by atoms with Crippen molar-refractivity contribution in [3.8, 4) is 0 Å². The number of rotatable bonds is 7. The number of hydrogen-bond donors (Lipinski definition) is 1. The third-order valence-electron chi connectivity index (χ3n) is 3.36. The van der Waals surface area contributed by atoms with Gasteiger partial charge in [0.05, 0.1) is 0 Å². The molecule has 19 heavy (non-hydrogen) atoms. The Bertz CT molecular complexity index is 268. The van der Waals surface area contributed by atoms with Crippen molar-refractivity contribution >= 4 is 11.8 Å². The van der Waals surface area contributed by atoms with Crippen LogP contribution >= 0.6 is 11.8 Å². The number of hydrogen-bond acceptors (Lipinski definition) is 2. The summed E-state index contributed by atoms with van der Waals surface area (Å²) in [7, 11) is 0. The molecule has 0 spiro atoms. The maximum absolute atomic E-state index is 3.60. The van der Waals surface area contributed by atoms with E-state index in [1.165, 1.54) is 29.9 Å². The van der Waals surface area contributed by atoms with Crippen LogP contribution in [-0.4, -0.2) is 17.5 Å². The molecule has 0 amide bonds. The fraction of sp³-hybridized carbons (Fsp3) is 0.882. The zero-order valence-corrected chi connectivity index (χ0v) is 15.2. The lowest BCUT2D eigenvalue weighted by Crippen LogP contribution is -2.26. The van der Waals surface area contributed by atoms with Crippen LogP contribution < -0.4 is 5.32 Å². The highest BCUT2D eigenvalue weighted by Gasteiger charge is 2.13. The van der Waals surface area contributed by atoms with Crippen LogP contribution in [0.15, 0.2) is 11.8 Å². The minimum Gasteiger partial charge on any atom is -0.388 e. The molecule has 114 valence electrons. The maximum Gasteiger partial charge on any atom is 0.0261 e. The zero-order valence-electron chi connectivity index (χ0n) is 14.4. The number of allylic oxidation sites excluding steroid dienone is 1. The predicted octanol–water partition coefficient (Wildman–Crippen LogP) is 5.47. The summed E-state index contributed by atoms with van der Waals surface area (Å²) in [5, 5.41) is 3.60. The molecule has 0 aromatic rings. The minimum atomic E-state index is 0.270. The predicted molar refractivity (Wildman–Crippen MR) is 91.8 cm³/mol. The monoisotopic (exact) mass is 285 g/mol. The van der Waals surface area contributed by atoms with E-state index in [-0.39, 0.29) is 5.41 Å². The third-order valence-corrected chi connectivity index (χ3v) is 4.95. The molecule has 0 aromatic heterocycles. The summed E-state index contributed by atoms with van der Waals surface area (Å²) in [6.45, 7) is 18.2. The van der Waals surface area contributed by atoms with Gasteiger partial charge in [0.1, 0.15) is 0 Å². The molecule has 0 aromatic carbocycles. The van der Waals surface area contributed by atoms with Crippen LogP contribution in [0.2, 0.25) is 0 Å². The van der Waals surface area contributed by atoms with Crippen molar-refractivity contribution in [1.29, 1.82) is 0 Å². The average Bonchev–Trinajstić information content (AvgIpc) is 2.25. The van der Waals surface area contributed by atoms with Gasteiger partial charge in [0.2, 0.25) is 0 Å². The molecular formula is C17H35NS. The molecule has 0 radical (unpaired) electrons. The Morgan fingerprint density at radius 2 is 1.74 bits per heavy atom. The fourth-order valence-corrected chi connectivity index (χ4v) is 2.68. The molecule has 2 heteroatoms. The van der Waals surface area contributed by atoms with Gasteiger partial charge >= 0.3 is 0 Å². The summed E-state index contributed by atoms with van der Waals surface area (Å²) >= 11 is 2.08. The van der Waals surface area contributed by atoms with Crippen molar-refractivity contribution in [2.24, 2.45) is 10.8 Å². The van der Waals surface area contributed by atoms with Crippen molar-refractivity contribution in [1.82, 2.24) is 5.32 Å². The third kappa shape index (κ3) is 10.4. The van der Waals surface area contributed by atoms with Gasteiger partial charge in [0, 0.05) is 6.04 Å². The van der Waals surface area contributed by atoms with E-state index in [1.54, 1.807) is 0 Å². The van der Waals surface area contributed by atoms with Crippen LogP contribution in [0.4, 0.5) is 0 Å². The largest absolute Gasteiger partial charge is 0.388 e. The Labute approximate surface area is 126 Å². The van der Waals surface area contributed by atoms with Crippen LogP contribution in [0.5, 0.6) is 0 Å². The lowest BCUT2D eigenvalue weighted by Gasteiger charge is -2.23. The first kappa shape index (κ1) is 18.9. The van der Waals surface area contributed by atoms with Gasteiger partial charge in [-0.3, -0.25) is 0 Å². The molecule has 1 N–H and O–H groups in total. The van der Waals surface area contributed by atoms with Gasteiger partial charge in [0.15, 0.2) is 0 Å². The standard InChI is InChI=1S/C17H35NS/c1-9-15(10-11-19-13-16(3,4)5)18-12-14(2)17(6,7)8/h12,15,18H,9-11,13H2,1-8H3/b14-12+. The molecular weight excluding hydrogens is 250 g/mol. The Morgan fingerprint density at radius 1 is 1.16 bits per heavy atom. The highest BCUT2D eigenvalue weighted by molar-refractivity contribution is 7.99. The summed E-state index contributed by atoms with van der Waals surface area (Å²) in [5.41, 5.74) is 2.14. The molecule has 0 aliphatic carbocycles. The minimum absolute atomic E-state index is 0.270. The normalized spacial score (nSPS) is 15.5. The maximum atomic E-state index is 3.60. The summed E-state index contributed by atoms with van der Waals surface area (Å²) in [6, 6.07) is 0.616. The van der Waals surface area contributed by atoms with Gasteiger partial charge < -0.3 is 5.32 Å². The van der Waals surface area contributed by atoms with E-state index in [2.05, 4.69) is 78.7 Å². The van der Waals surface area contributed by atoms with Crippen molar-refractivity contribution in [2.75, 3.05) is 11.5 Å². The summed E-state index contributed by atoms with van der Waals surface area (Å²) in [6.07, 6.45) is 4.68. The smallest absolute Gasteiger partial charge is 0.0261 e. The van der Waals surface area contributed by atoms with Crippen molar-refractivity contribution in [2.45, 2.75) is 74.3 Å². The Morgan fingerprint density at radius 3 is 2.16 bits per heavy atom. The second-order valence-electron chi connectivity index (χ2n) is 7.75. The first-order chi connectivity index (χ1) is 8.56. The van der Waals surface area contributed by atoms with Crippen LogP contribution in [0.25, 0.3) is 0 Å². The fourth-order valence-electron chi connectivity index (χ4n) is 1.47. The average molecular weight is 286 g/mol. The Balaban J connectivity index is 4.03. The van der Waals surface area contributed by atoms with Gasteiger partial charge in [0.25, 0.3) is 0 Å². The van der Waals surface area contributed by atoms with Gasteiger partial charge in [-0.25, -0.2) is 0 Å². The van der Waals surface area contributed by atoms with Crippen LogP contribution in [0.1, 0.15) is 68.2 Å². The lowest BCUT2D eigenvalue weighted by atomic mass is 9.88. The molecule has 0 aliphatic heterocycles. The molecule has 1 nitrogen and oxygen atoms in total. The molecule has 0 saturated heterocycles. The highest BCUT2D eigenvalue weighted by atomic mass is 32.2. The van der Waals surface area contributed by atoms with E-state index in [4.69, 9.17) is 0 Å². The topological polar surface area (TPSA) is 12.0 Å². The molecule has 0 rings (SSSR count). The Kier molecular flexibility index (Phi) is 8.19.